The van der Waals surface area contributed by atoms with Crippen molar-refractivity contribution in [1.29, 1.82) is 0 Å². The van der Waals surface area contributed by atoms with Crippen LogP contribution in [0.5, 0.6) is 0 Å². The summed E-state index contributed by atoms with van der Waals surface area (Å²) in [6.45, 7) is 5.05. The maximum Gasteiger partial charge on any atom is 0.253 e. The minimum absolute atomic E-state index is 0.0572. The summed E-state index contributed by atoms with van der Waals surface area (Å²) in [4.78, 5) is 12.6. The Morgan fingerprint density at radius 2 is 2.10 bits per heavy atom. The van der Waals surface area contributed by atoms with Crippen molar-refractivity contribution < 1.29 is 4.79 Å². The van der Waals surface area contributed by atoms with Gasteiger partial charge in [-0.2, -0.15) is 0 Å². The zero-order valence-corrected chi connectivity index (χ0v) is 13.1. The first-order valence-electron chi connectivity index (χ1n) is 8.32. The van der Waals surface area contributed by atoms with Crippen LogP contribution in [0.3, 0.4) is 0 Å². The summed E-state index contributed by atoms with van der Waals surface area (Å²) in [5.74, 6) is 2.50. The molecule has 1 amide bonds. The summed E-state index contributed by atoms with van der Waals surface area (Å²) >= 11 is 0. The van der Waals surface area contributed by atoms with Crippen LogP contribution in [0.1, 0.15) is 49.9 Å². The fourth-order valence-electron chi connectivity index (χ4n) is 4.32. The molecule has 3 heteroatoms. The van der Waals surface area contributed by atoms with Crippen molar-refractivity contribution in [2.45, 2.75) is 45.6 Å². The summed E-state index contributed by atoms with van der Waals surface area (Å²) in [5, 5.41) is 6.51. The number of hydrogen-bond acceptors (Lipinski definition) is 2. The van der Waals surface area contributed by atoms with Gasteiger partial charge >= 0.3 is 0 Å². The highest BCUT2D eigenvalue weighted by molar-refractivity contribution is 5.99. The summed E-state index contributed by atoms with van der Waals surface area (Å²) in [7, 11) is 0. The van der Waals surface area contributed by atoms with Crippen molar-refractivity contribution in [3.8, 4) is 0 Å². The van der Waals surface area contributed by atoms with Gasteiger partial charge in [0, 0.05) is 18.3 Å². The molecule has 2 fully saturated rings. The number of rotatable bonds is 5. The van der Waals surface area contributed by atoms with Crippen LogP contribution in [-0.2, 0) is 0 Å². The number of benzene rings is 1. The third-order valence-corrected chi connectivity index (χ3v) is 5.33. The van der Waals surface area contributed by atoms with Gasteiger partial charge in [0.15, 0.2) is 0 Å². The molecule has 2 N–H and O–H groups in total. The summed E-state index contributed by atoms with van der Waals surface area (Å²) in [6.07, 6.45) is 5.47. The van der Waals surface area contributed by atoms with Gasteiger partial charge in [-0.1, -0.05) is 18.6 Å². The van der Waals surface area contributed by atoms with E-state index in [1.54, 1.807) is 0 Å². The van der Waals surface area contributed by atoms with E-state index in [1.165, 1.54) is 25.7 Å². The van der Waals surface area contributed by atoms with Crippen LogP contribution >= 0.6 is 0 Å². The van der Waals surface area contributed by atoms with Crippen molar-refractivity contribution >= 4 is 11.6 Å². The molecular weight excluding hydrogens is 260 g/mol. The Balaban J connectivity index is 1.66. The number of nitrogens with one attached hydrogen (secondary N) is 2. The number of anilines is 1. The molecule has 21 heavy (non-hydrogen) atoms. The second-order valence-electron chi connectivity index (χ2n) is 6.68. The topological polar surface area (TPSA) is 41.1 Å². The van der Waals surface area contributed by atoms with Gasteiger partial charge in [-0.25, -0.2) is 0 Å². The van der Waals surface area contributed by atoms with Crippen LogP contribution in [0.2, 0.25) is 0 Å². The molecule has 4 atom stereocenters. The molecule has 2 saturated carbocycles. The van der Waals surface area contributed by atoms with Gasteiger partial charge < -0.3 is 10.6 Å². The van der Waals surface area contributed by atoms with E-state index < -0.39 is 0 Å². The summed E-state index contributed by atoms with van der Waals surface area (Å²) < 4.78 is 0. The minimum atomic E-state index is 0.0572. The highest BCUT2D eigenvalue weighted by atomic mass is 16.1. The van der Waals surface area contributed by atoms with E-state index in [1.807, 2.05) is 31.2 Å². The Morgan fingerprint density at radius 3 is 2.76 bits per heavy atom. The zero-order valence-electron chi connectivity index (χ0n) is 13.1. The molecule has 0 aliphatic heterocycles. The van der Waals surface area contributed by atoms with Gasteiger partial charge in [-0.15, -0.1) is 0 Å². The van der Waals surface area contributed by atoms with Crippen molar-refractivity contribution in [3.05, 3.63) is 29.8 Å². The molecule has 0 spiro atoms. The van der Waals surface area contributed by atoms with Crippen LogP contribution in [0.15, 0.2) is 24.3 Å². The van der Waals surface area contributed by atoms with Crippen LogP contribution in [0.4, 0.5) is 5.69 Å². The van der Waals surface area contributed by atoms with Crippen LogP contribution in [0.25, 0.3) is 0 Å². The van der Waals surface area contributed by atoms with Gasteiger partial charge in [0.25, 0.3) is 5.91 Å². The number of para-hydroxylation sites is 1. The first-order chi connectivity index (χ1) is 10.2. The third kappa shape index (κ3) is 2.92. The summed E-state index contributed by atoms with van der Waals surface area (Å²) in [6, 6.07) is 8.05. The molecule has 0 radical (unpaired) electrons. The lowest BCUT2D eigenvalue weighted by Crippen LogP contribution is -2.40. The number of hydrogen-bond donors (Lipinski definition) is 2. The molecule has 0 aromatic heterocycles. The lowest BCUT2D eigenvalue weighted by atomic mass is 9.84. The Morgan fingerprint density at radius 1 is 1.29 bits per heavy atom. The Hall–Kier alpha value is -1.51. The maximum atomic E-state index is 12.6. The Labute approximate surface area is 127 Å². The normalized spacial score (nSPS) is 28.4. The van der Waals surface area contributed by atoms with E-state index in [2.05, 4.69) is 17.6 Å². The first-order valence-corrected chi connectivity index (χ1v) is 8.32. The van der Waals surface area contributed by atoms with Crippen molar-refractivity contribution in [3.63, 3.8) is 0 Å². The maximum absolute atomic E-state index is 12.6. The van der Waals surface area contributed by atoms with Gasteiger partial charge in [0.2, 0.25) is 0 Å². The molecule has 2 aliphatic rings. The fourth-order valence-corrected chi connectivity index (χ4v) is 4.32. The second kappa shape index (κ2) is 6.08. The standard InChI is InChI=1S/C18H26N2O/c1-3-19-17-7-5-4-6-15(17)18(21)20-12(2)16-11-13-8-9-14(16)10-13/h4-7,12-14,16,19H,3,8-11H2,1-2H3,(H,20,21). The first kappa shape index (κ1) is 14.4. The minimum Gasteiger partial charge on any atom is -0.385 e. The monoisotopic (exact) mass is 286 g/mol. The molecule has 1 aromatic rings. The molecular formula is C18H26N2O. The van der Waals surface area contributed by atoms with Gasteiger partial charge in [-0.3, -0.25) is 4.79 Å². The molecule has 2 bridgehead atoms. The highest BCUT2D eigenvalue weighted by Crippen LogP contribution is 2.49. The molecule has 0 saturated heterocycles. The van der Waals surface area contributed by atoms with Crippen LogP contribution in [-0.4, -0.2) is 18.5 Å². The lowest BCUT2D eigenvalue weighted by Gasteiger charge is -2.28. The lowest BCUT2D eigenvalue weighted by molar-refractivity contribution is 0.0916. The number of carbonyl (C=O) groups is 1. The summed E-state index contributed by atoms with van der Waals surface area (Å²) in [5.41, 5.74) is 1.69. The third-order valence-electron chi connectivity index (χ3n) is 5.33. The van der Waals surface area contributed by atoms with Gasteiger partial charge in [0.05, 0.1) is 5.56 Å². The molecule has 3 nitrogen and oxygen atoms in total. The number of amides is 1. The van der Waals surface area contributed by atoms with E-state index in [-0.39, 0.29) is 11.9 Å². The van der Waals surface area contributed by atoms with E-state index >= 15 is 0 Å². The molecule has 0 heterocycles. The van der Waals surface area contributed by atoms with Crippen LogP contribution < -0.4 is 10.6 Å². The van der Waals surface area contributed by atoms with Gasteiger partial charge in [-0.05, 0) is 63.0 Å². The molecule has 114 valence electrons. The van der Waals surface area contributed by atoms with Crippen molar-refractivity contribution in [1.82, 2.24) is 5.32 Å². The highest BCUT2D eigenvalue weighted by Gasteiger charge is 2.42. The van der Waals surface area contributed by atoms with E-state index in [9.17, 15) is 4.79 Å². The molecule has 1 aromatic carbocycles. The van der Waals surface area contributed by atoms with E-state index in [0.717, 1.165) is 29.6 Å². The predicted molar refractivity (Wildman–Crippen MR) is 86.5 cm³/mol. The molecule has 2 aliphatic carbocycles. The zero-order chi connectivity index (χ0) is 14.8. The molecule has 4 unspecified atom stereocenters. The van der Waals surface area contributed by atoms with E-state index in [4.69, 9.17) is 0 Å². The number of carbonyl (C=O) groups excluding carboxylic acids is 1. The fraction of sp³-hybridized carbons (Fsp3) is 0.611. The van der Waals surface area contributed by atoms with Gasteiger partial charge in [0.1, 0.15) is 0 Å². The van der Waals surface area contributed by atoms with E-state index in [0.29, 0.717) is 5.92 Å². The largest absolute Gasteiger partial charge is 0.385 e. The van der Waals surface area contributed by atoms with Crippen molar-refractivity contribution in [2.24, 2.45) is 17.8 Å². The smallest absolute Gasteiger partial charge is 0.253 e. The Kier molecular flexibility index (Phi) is 4.18. The predicted octanol–water partition coefficient (Wildman–Crippen LogP) is 3.67. The SMILES string of the molecule is CCNc1ccccc1C(=O)NC(C)C1CC2CCC1C2. The number of fused-ring (bicyclic) bond motifs is 2. The average Bonchev–Trinajstić information content (AvgIpc) is 3.10. The van der Waals surface area contributed by atoms with Crippen LogP contribution in [0, 0.1) is 17.8 Å². The second-order valence-corrected chi connectivity index (χ2v) is 6.68. The molecule has 3 rings (SSSR count). The Bertz CT molecular complexity index is 514. The van der Waals surface area contributed by atoms with Crippen molar-refractivity contribution in [2.75, 3.05) is 11.9 Å². The quantitative estimate of drug-likeness (QED) is 0.867. The average molecular weight is 286 g/mol.